The summed E-state index contributed by atoms with van der Waals surface area (Å²) in [7, 11) is 0. The molecule has 2 heteroatoms. The van der Waals surface area contributed by atoms with E-state index < -0.39 is 0 Å². The largest absolute Gasteiger partial charge is 0.323 e. The summed E-state index contributed by atoms with van der Waals surface area (Å²) >= 11 is 0. The lowest BCUT2D eigenvalue weighted by molar-refractivity contribution is 0.607. The Kier molecular flexibility index (Phi) is 3.89. The summed E-state index contributed by atoms with van der Waals surface area (Å²) in [4.78, 5) is 4.43. The molecule has 0 saturated carbocycles. The Labute approximate surface area is 102 Å². The van der Waals surface area contributed by atoms with Crippen LogP contribution in [-0.4, -0.2) is 4.98 Å². The first-order valence-corrected chi connectivity index (χ1v) is 6.03. The first-order valence-electron chi connectivity index (χ1n) is 6.03. The third-order valence-electron chi connectivity index (χ3n) is 2.98. The van der Waals surface area contributed by atoms with Crippen molar-refractivity contribution >= 4 is 10.8 Å². The summed E-state index contributed by atoms with van der Waals surface area (Å²) in [5.74, 6) is 0. The topological polar surface area (TPSA) is 38.9 Å². The molecule has 0 aliphatic heterocycles. The average Bonchev–Trinajstić information content (AvgIpc) is 2.38. The molecular weight excluding hydrogens is 208 g/mol. The fourth-order valence-corrected chi connectivity index (χ4v) is 2.06. The molecule has 0 saturated heterocycles. The molecule has 1 aromatic heterocycles. The molecule has 1 heterocycles. The molecule has 2 rings (SSSR count). The van der Waals surface area contributed by atoms with Crippen LogP contribution in [0.1, 0.15) is 31.0 Å². The van der Waals surface area contributed by atoms with Crippen LogP contribution >= 0.6 is 0 Å². The van der Waals surface area contributed by atoms with Gasteiger partial charge in [0.25, 0.3) is 0 Å². The van der Waals surface area contributed by atoms with Crippen molar-refractivity contribution in [2.45, 2.75) is 25.3 Å². The fraction of sp³-hybridized carbons (Fsp3) is 0.267. The number of unbranched alkanes of at least 4 members (excludes halogenated alkanes) is 1. The molecule has 1 unspecified atom stereocenters. The van der Waals surface area contributed by atoms with Crippen molar-refractivity contribution < 1.29 is 0 Å². The van der Waals surface area contributed by atoms with Crippen LogP contribution in [0, 0.1) is 0 Å². The van der Waals surface area contributed by atoms with E-state index in [2.05, 4.69) is 23.7 Å². The number of nitrogens with two attached hydrogens (primary N) is 1. The van der Waals surface area contributed by atoms with E-state index in [1.54, 1.807) is 0 Å². The molecule has 1 aromatic carbocycles. The number of aromatic nitrogens is 1. The average molecular weight is 226 g/mol. The molecule has 0 spiro atoms. The summed E-state index contributed by atoms with van der Waals surface area (Å²) in [5.41, 5.74) is 7.21. The van der Waals surface area contributed by atoms with Gasteiger partial charge in [-0.2, -0.15) is 0 Å². The van der Waals surface area contributed by atoms with Gasteiger partial charge in [0.15, 0.2) is 0 Å². The zero-order valence-corrected chi connectivity index (χ0v) is 9.97. The van der Waals surface area contributed by atoms with Crippen LogP contribution in [0.25, 0.3) is 10.8 Å². The van der Waals surface area contributed by atoms with Gasteiger partial charge in [-0.25, -0.2) is 0 Å². The molecule has 0 aliphatic carbocycles. The van der Waals surface area contributed by atoms with Crippen molar-refractivity contribution in [2.75, 3.05) is 0 Å². The lowest BCUT2D eigenvalue weighted by Gasteiger charge is -2.12. The summed E-state index contributed by atoms with van der Waals surface area (Å²) < 4.78 is 0. The van der Waals surface area contributed by atoms with Crippen molar-refractivity contribution in [2.24, 2.45) is 5.73 Å². The van der Waals surface area contributed by atoms with Crippen molar-refractivity contribution in [3.63, 3.8) is 0 Å². The van der Waals surface area contributed by atoms with Crippen LogP contribution in [0.4, 0.5) is 0 Å². The molecular formula is C15H18N2. The maximum Gasteiger partial charge on any atom is 0.0649 e. The zero-order valence-electron chi connectivity index (χ0n) is 9.97. The molecule has 1 atom stereocenters. The van der Waals surface area contributed by atoms with Crippen LogP contribution in [0.15, 0.2) is 49.2 Å². The minimum atomic E-state index is 0.0149. The standard InChI is InChI=1S/C15H18N2/c1-2-3-4-9-14(16)15-13-8-6-5-7-12(13)10-11-17-15/h2,5-8,10-11,14H,1,3-4,9,16H2. The molecule has 2 nitrogen and oxygen atoms in total. The maximum absolute atomic E-state index is 6.21. The van der Waals surface area contributed by atoms with Crippen LogP contribution in [-0.2, 0) is 0 Å². The Morgan fingerprint density at radius 1 is 1.29 bits per heavy atom. The molecule has 0 amide bonds. The monoisotopic (exact) mass is 226 g/mol. The van der Waals surface area contributed by atoms with Crippen molar-refractivity contribution in [1.82, 2.24) is 4.98 Å². The van der Waals surface area contributed by atoms with Crippen molar-refractivity contribution in [1.29, 1.82) is 0 Å². The Morgan fingerprint density at radius 2 is 2.12 bits per heavy atom. The van der Waals surface area contributed by atoms with Gasteiger partial charge in [0, 0.05) is 17.6 Å². The molecule has 2 aromatic rings. The van der Waals surface area contributed by atoms with E-state index in [0.29, 0.717) is 0 Å². The number of allylic oxidation sites excluding steroid dienone is 1. The summed E-state index contributed by atoms with van der Waals surface area (Å²) in [6.07, 6.45) is 6.80. The molecule has 2 N–H and O–H groups in total. The lowest BCUT2D eigenvalue weighted by atomic mass is 10.0. The molecule has 0 radical (unpaired) electrons. The second kappa shape index (κ2) is 5.60. The highest BCUT2D eigenvalue weighted by Crippen LogP contribution is 2.23. The lowest BCUT2D eigenvalue weighted by Crippen LogP contribution is -2.12. The molecule has 0 fully saturated rings. The molecule has 0 bridgehead atoms. The van der Waals surface area contributed by atoms with Crippen LogP contribution < -0.4 is 5.73 Å². The third-order valence-corrected chi connectivity index (χ3v) is 2.98. The first-order chi connectivity index (χ1) is 8.33. The SMILES string of the molecule is C=CCCCC(N)c1nccc2ccccc12. The minimum absolute atomic E-state index is 0.0149. The van der Waals surface area contributed by atoms with Gasteiger partial charge in [-0.15, -0.1) is 6.58 Å². The number of hydrogen-bond donors (Lipinski definition) is 1. The number of benzene rings is 1. The van der Waals surface area contributed by atoms with Crippen molar-refractivity contribution in [3.05, 3.63) is 54.9 Å². The van der Waals surface area contributed by atoms with E-state index in [4.69, 9.17) is 5.73 Å². The second-order valence-electron chi connectivity index (χ2n) is 4.24. The Bertz CT molecular complexity index is 500. The van der Waals surface area contributed by atoms with Gasteiger partial charge in [0.1, 0.15) is 0 Å². The Morgan fingerprint density at radius 3 is 2.94 bits per heavy atom. The number of fused-ring (bicyclic) bond motifs is 1. The highest BCUT2D eigenvalue weighted by molar-refractivity contribution is 5.84. The number of nitrogens with zero attached hydrogens (tertiary/aromatic N) is 1. The molecule has 0 aliphatic rings. The van der Waals surface area contributed by atoms with E-state index in [-0.39, 0.29) is 6.04 Å². The van der Waals surface area contributed by atoms with Crippen LogP contribution in [0.3, 0.4) is 0 Å². The van der Waals surface area contributed by atoms with Crippen molar-refractivity contribution in [3.8, 4) is 0 Å². The van der Waals surface area contributed by atoms with E-state index in [9.17, 15) is 0 Å². The van der Waals surface area contributed by atoms with Gasteiger partial charge in [-0.1, -0.05) is 30.3 Å². The van der Waals surface area contributed by atoms with Gasteiger partial charge < -0.3 is 5.73 Å². The normalized spacial score (nSPS) is 12.5. The second-order valence-corrected chi connectivity index (χ2v) is 4.24. The summed E-state index contributed by atoms with van der Waals surface area (Å²) in [6, 6.07) is 10.3. The van der Waals surface area contributed by atoms with Gasteiger partial charge in [0.2, 0.25) is 0 Å². The van der Waals surface area contributed by atoms with E-state index in [0.717, 1.165) is 25.0 Å². The smallest absolute Gasteiger partial charge is 0.0649 e. The van der Waals surface area contributed by atoms with E-state index in [1.165, 1.54) is 10.8 Å². The van der Waals surface area contributed by atoms with Crippen LogP contribution in [0.5, 0.6) is 0 Å². The first kappa shape index (κ1) is 11.8. The van der Waals surface area contributed by atoms with Gasteiger partial charge in [-0.3, -0.25) is 4.98 Å². The molecule has 17 heavy (non-hydrogen) atoms. The number of pyridine rings is 1. The van der Waals surface area contributed by atoms with Gasteiger partial charge >= 0.3 is 0 Å². The zero-order chi connectivity index (χ0) is 12.1. The van der Waals surface area contributed by atoms with E-state index >= 15 is 0 Å². The highest BCUT2D eigenvalue weighted by Gasteiger charge is 2.10. The predicted molar refractivity (Wildman–Crippen MR) is 72.7 cm³/mol. The van der Waals surface area contributed by atoms with E-state index in [1.807, 2.05) is 30.5 Å². The van der Waals surface area contributed by atoms with Gasteiger partial charge in [0.05, 0.1) is 5.69 Å². The fourth-order valence-electron chi connectivity index (χ4n) is 2.06. The Hall–Kier alpha value is -1.67. The summed E-state index contributed by atoms with van der Waals surface area (Å²) in [6.45, 7) is 3.72. The quantitative estimate of drug-likeness (QED) is 0.625. The maximum atomic E-state index is 6.21. The Balaban J connectivity index is 2.25. The third kappa shape index (κ3) is 2.71. The number of hydrogen-bond acceptors (Lipinski definition) is 2. The summed E-state index contributed by atoms with van der Waals surface area (Å²) in [5, 5.41) is 2.37. The minimum Gasteiger partial charge on any atom is -0.323 e. The van der Waals surface area contributed by atoms with Crippen LogP contribution in [0.2, 0.25) is 0 Å². The molecule has 88 valence electrons. The highest BCUT2D eigenvalue weighted by atomic mass is 14.8. The predicted octanol–water partition coefficient (Wildman–Crippen LogP) is 3.59. The van der Waals surface area contributed by atoms with Gasteiger partial charge in [-0.05, 0) is 30.7 Å². The number of rotatable bonds is 5.